The maximum atomic E-state index is 13.4. The van der Waals surface area contributed by atoms with Crippen molar-refractivity contribution in [2.45, 2.75) is 48.9 Å². The Balaban J connectivity index is 1.86. The second-order valence-corrected chi connectivity index (χ2v) is 10.4. The Labute approximate surface area is 155 Å². The first-order chi connectivity index (χ1) is 11.8. The molecule has 2 heterocycles. The molecule has 1 aliphatic carbocycles. The third-order valence-electron chi connectivity index (χ3n) is 5.43. The molecule has 1 saturated carbocycles. The number of hydrogen-bond acceptors (Lipinski definition) is 4. The van der Waals surface area contributed by atoms with E-state index in [0.717, 1.165) is 29.3 Å². The molecular weight excluding hydrogens is 382 g/mol. The minimum atomic E-state index is -3.86. The highest BCUT2D eigenvalue weighted by Crippen LogP contribution is 2.46. The van der Waals surface area contributed by atoms with Gasteiger partial charge in [0.1, 0.15) is 10.3 Å². The molecule has 1 aromatic heterocycles. The zero-order valence-corrected chi connectivity index (χ0v) is 16.0. The van der Waals surface area contributed by atoms with Crippen LogP contribution in [0.2, 0.25) is 5.02 Å². The predicted octanol–water partition coefficient (Wildman–Crippen LogP) is 3.88. The van der Waals surface area contributed by atoms with Crippen molar-refractivity contribution in [1.29, 1.82) is 0 Å². The van der Waals surface area contributed by atoms with Gasteiger partial charge in [0.2, 0.25) is 0 Å². The van der Waals surface area contributed by atoms with Crippen LogP contribution in [0.4, 0.5) is 0 Å². The minimum Gasteiger partial charge on any atom is -0.480 e. The highest BCUT2D eigenvalue weighted by Gasteiger charge is 2.52. The maximum Gasteiger partial charge on any atom is 0.322 e. The predicted molar refractivity (Wildman–Crippen MR) is 97.8 cm³/mol. The number of carboxylic acids is 1. The van der Waals surface area contributed by atoms with Gasteiger partial charge in [0.05, 0.1) is 0 Å². The number of nitrogens with zero attached hydrogens (tertiary/aromatic N) is 1. The average Bonchev–Trinajstić information content (AvgIpc) is 3.20. The number of fused-ring (bicyclic) bond motifs is 2. The highest BCUT2D eigenvalue weighted by atomic mass is 35.5. The number of thiophene rings is 1. The summed E-state index contributed by atoms with van der Waals surface area (Å²) < 4.78 is 29.2. The molecule has 2 aromatic rings. The fraction of sp³-hybridized carbons (Fsp3) is 0.471. The molecule has 3 atom stereocenters. The Morgan fingerprint density at radius 2 is 2.12 bits per heavy atom. The molecule has 1 N–H and O–H groups in total. The van der Waals surface area contributed by atoms with Crippen molar-refractivity contribution >= 4 is 49.0 Å². The van der Waals surface area contributed by atoms with Crippen LogP contribution in [-0.2, 0) is 14.8 Å². The first kappa shape index (κ1) is 17.3. The SMILES string of the molecule is Cc1c(S(=O)(=O)N2[C@@H](C(=O)O)C[C@H]3CCC[C@H]32)sc2ccc(Cl)cc12. The fourth-order valence-corrected chi connectivity index (χ4v) is 8.19. The molecule has 0 spiro atoms. The van der Waals surface area contributed by atoms with Crippen molar-refractivity contribution in [2.24, 2.45) is 5.92 Å². The lowest BCUT2D eigenvalue weighted by Gasteiger charge is -2.26. The molecule has 2 fully saturated rings. The van der Waals surface area contributed by atoms with Crippen LogP contribution in [0.3, 0.4) is 0 Å². The zero-order valence-electron chi connectivity index (χ0n) is 13.6. The van der Waals surface area contributed by atoms with Gasteiger partial charge in [0, 0.05) is 15.8 Å². The lowest BCUT2D eigenvalue weighted by atomic mass is 10.0. The van der Waals surface area contributed by atoms with Gasteiger partial charge in [-0.15, -0.1) is 11.3 Å². The lowest BCUT2D eigenvalue weighted by Crippen LogP contribution is -2.44. The van der Waals surface area contributed by atoms with Gasteiger partial charge in [-0.2, -0.15) is 4.31 Å². The van der Waals surface area contributed by atoms with E-state index in [1.165, 1.54) is 15.6 Å². The van der Waals surface area contributed by atoms with Crippen molar-refractivity contribution in [1.82, 2.24) is 4.31 Å². The topological polar surface area (TPSA) is 74.7 Å². The monoisotopic (exact) mass is 399 g/mol. The molecule has 4 rings (SSSR count). The van der Waals surface area contributed by atoms with Crippen molar-refractivity contribution in [3.8, 4) is 0 Å². The van der Waals surface area contributed by atoms with E-state index in [-0.39, 0.29) is 16.2 Å². The van der Waals surface area contributed by atoms with E-state index in [4.69, 9.17) is 11.6 Å². The summed E-state index contributed by atoms with van der Waals surface area (Å²) in [6, 6.07) is 4.15. The summed E-state index contributed by atoms with van der Waals surface area (Å²) in [5, 5.41) is 10.9. The summed E-state index contributed by atoms with van der Waals surface area (Å²) in [6.45, 7) is 1.76. The van der Waals surface area contributed by atoms with Gasteiger partial charge >= 0.3 is 5.97 Å². The summed E-state index contributed by atoms with van der Waals surface area (Å²) >= 11 is 7.24. The van der Waals surface area contributed by atoms with Crippen molar-refractivity contribution in [3.05, 3.63) is 28.8 Å². The van der Waals surface area contributed by atoms with E-state index in [1.54, 1.807) is 19.1 Å². The van der Waals surface area contributed by atoms with Gasteiger partial charge in [0.15, 0.2) is 0 Å². The van der Waals surface area contributed by atoms with Crippen LogP contribution in [0.15, 0.2) is 22.4 Å². The first-order valence-corrected chi connectivity index (χ1v) is 10.9. The number of rotatable bonds is 3. The van der Waals surface area contributed by atoms with Crippen LogP contribution in [0.25, 0.3) is 10.1 Å². The second-order valence-electron chi connectivity index (χ2n) is 6.84. The van der Waals surface area contributed by atoms with E-state index in [0.29, 0.717) is 17.0 Å². The molecule has 0 unspecified atom stereocenters. The molecule has 1 aliphatic heterocycles. The number of aliphatic carboxylic acids is 1. The van der Waals surface area contributed by atoms with E-state index in [2.05, 4.69) is 0 Å². The largest absolute Gasteiger partial charge is 0.480 e. The molecule has 134 valence electrons. The van der Waals surface area contributed by atoms with Crippen LogP contribution in [0.5, 0.6) is 0 Å². The molecule has 8 heteroatoms. The molecule has 0 amide bonds. The molecule has 5 nitrogen and oxygen atoms in total. The van der Waals surface area contributed by atoms with Crippen molar-refractivity contribution in [2.75, 3.05) is 0 Å². The van der Waals surface area contributed by atoms with E-state index >= 15 is 0 Å². The molecular formula is C17H18ClNO4S2. The Morgan fingerprint density at radius 3 is 2.84 bits per heavy atom. The number of aryl methyl sites for hydroxylation is 1. The average molecular weight is 400 g/mol. The van der Waals surface area contributed by atoms with Gasteiger partial charge < -0.3 is 5.11 Å². The van der Waals surface area contributed by atoms with Gasteiger partial charge in [-0.25, -0.2) is 8.42 Å². The highest BCUT2D eigenvalue weighted by molar-refractivity contribution is 7.91. The molecule has 0 bridgehead atoms. The quantitative estimate of drug-likeness (QED) is 0.849. The van der Waals surface area contributed by atoms with Gasteiger partial charge in [-0.1, -0.05) is 18.0 Å². The second kappa shape index (κ2) is 5.94. The van der Waals surface area contributed by atoms with E-state index in [1.807, 2.05) is 6.07 Å². The third kappa shape index (κ3) is 2.60. The number of sulfonamides is 1. The number of halogens is 1. The van der Waals surface area contributed by atoms with Crippen LogP contribution in [0.1, 0.15) is 31.2 Å². The van der Waals surface area contributed by atoms with Gasteiger partial charge in [-0.05, 0) is 61.3 Å². The summed E-state index contributed by atoms with van der Waals surface area (Å²) in [4.78, 5) is 11.7. The number of benzene rings is 1. The number of carboxylic acid groups (broad SMARTS) is 1. The molecule has 1 aromatic carbocycles. The van der Waals surface area contributed by atoms with Crippen LogP contribution < -0.4 is 0 Å². The fourth-order valence-electron chi connectivity index (χ4n) is 4.32. The maximum absolute atomic E-state index is 13.4. The van der Waals surface area contributed by atoms with Gasteiger partial charge in [0.25, 0.3) is 10.0 Å². The summed E-state index contributed by atoms with van der Waals surface area (Å²) in [5.41, 5.74) is 0.646. The summed E-state index contributed by atoms with van der Waals surface area (Å²) in [6.07, 6.45) is 3.01. The van der Waals surface area contributed by atoms with E-state index < -0.39 is 22.0 Å². The standard InChI is InChI=1S/C17H18ClNO4S2/c1-9-12-8-11(18)5-6-15(12)24-17(9)25(22,23)19-13-4-2-3-10(13)7-14(19)16(20)21/h5-6,8,10,13-14H,2-4,7H2,1H3,(H,20,21)/t10-,13-,14-/m1/s1. The first-order valence-electron chi connectivity index (χ1n) is 8.25. The Morgan fingerprint density at radius 1 is 1.36 bits per heavy atom. The van der Waals surface area contributed by atoms with Crippen LogP contribution in [-0.4, -0.2) is 35.9 Å². The molecule has 2 aliphatic rings. The van der Waals surface area contributed by atoms with Crippen molar-refractivity contribution in [3.63, 3.8) is 0 Å². The number of hydrogen-bond donors (Lipinski definition) is 1. The van der Waals surface area contributed by atoms with E-state index in [9.17, 15) is 18.3 Å². The third-order valence-corrected chi connectivity index (χ3v) is 9.47. The summed E-state index contributed by atoms with van der Waals surface area (Å²) in [7, 11) is -3.86. The van der Waals surface area contributed by atoms with Crippen LogP contribution in [0, 0.1) is 12.8 Å². The Kier molecular flexibility index (Phi) is 4.11. The number of carbonyl (C=O) groups is 1. The molecule has 1 saturated heterocycles. The minimum absolute atomic E-state index is 0.153. The Bertz CT molecular complexity index is 968. The summed E-state index contributed by atoms with van der Waals surface area (Å²) in [5.74, 6) is -0.903. The van der Waals surface area contributed by atoms with Gasteiger partial charge in [-0.3, -0.25) is 4.79 Å². The molecule has 0 radical (unpaired) electrons. The van der Waals surface area contributed by atoms with Crippen LogP contribution >= 0.6 is 22.9 Å². The lowest BCUT2D eigenvalue weighted by molar-refractivity contribution is -0.141. The smallest absolute Gasteiger partial charge is 0.322 e. The zero-order chi connectivity index (χ0) is 17.9. The Hall–Kier alpha value is -1.15. The molecule has 25 heavy (non-hydrogen) atoms. The van der Waals surface area contributed by atoms with Crippen molar-refractivity contribution < 1.29 is 18.3 Å². The normalized spacial score (nSPS) is 27.0.